The Kier molecular flexibility index (Phi) is 6.14. The minimum absolute atomic E-state index is 0.0715. The molecule has 1 saturated carbocycles. The van der Waals surface area contributed by atoms with Crippen LogP contribution in [-0.2, 0) is 4.79 Å². The van der Waals surface area contributed by atoms with E-state index in [2.05, 4.69) is 5.32 Å². The van der Waals surface area contributed by atoms with Crippen LogP contribution in [0.15, 0.2) is 18.2 Å². The molecule has 1 aliphatic carbocycles. The third-order valence-corrected chi connectivity index (χ3v) is 5.13. The van der Waals surface area contributed by atoms with Crippen molar-refractivity contribution in [1.82, 2.24) is 5.32 Å². The van der Waals surface area contributed by atoms with E-state index in [4.69, 9.17) is 9.47 Å². The van der Waals surface area contributed by atoms with Gasteiger partial charge in [0.1, 0.15) is 0 Å². The first-order chi connectivity index (χ1) is 11.4. The average Bonchev–Trinajstić information content (AvgIpc) is 3.08. The van der Waals surface area contributed by atoms with E-state index >= 15 is 0 Å². The van der Waals surface area contributed by atoms with Crippen molar-refractivity contribution in [3.8, 4) is 11.5 Å². The van der Waals surface area contributed by atoms with Crippen molar-refractivity contribution in [3.05, 3.63) is 23.8 Å². The Labute approximate surface area is 145 Å². The molecule has 1 unspecified atom stereocenters. The smallest absolute Gasteiger partial charge is 0.226 e. The molecule has 134 valence electrons. The molecule has 0 radical (unpaired) electrons. The number of carbonyl (C=O) groups is 1. The number of amides is 1. The first kappa shape index (κ1) is 18.6. The van der Waals surface area contributed by atoms with Crippen LogP contribution in [0.3, 0.4) is 0 Å². The summed E-state index contributed by atoms with van der Waals surface area (Å²) >= 11 is 0. The lowest BCUT2D eigenvalue weighted by molar-refractivity contribution is -0.130. The summed E-state index contributed by atoms with van der Waals surface area (Å²) in [6, 6.07) is 5.86. The van der Waals surface area contributed by atoms with Gasteiger partial charge in [-0.3, -0.25) is 4.79 Å². The Hall–Kier alpha value is -1.71. The van der Waals surface area contributed by atoms with E-state index in [-0.39, 0.29) is 17.4 Å². The van der Waals surface area contributed by atoms with Crippen molar-refractivity contribution in [1.29, 1.82) is 0 Å². The number of benzene rings is 1. The van der Waals surface area contributed by atoms with Gasteiger partial charge in [0, 0.05) is 5.41 Å². The minimum atomic E-state index is -0.357. The highest BCUT2D eigenvalue weighted by atomic mass is 16.5. The van der Waals surface area contributed by atoms with Gasteiger partial charge in [0.2, 0.25) is 5.91 Å². The van der Waals surface area contributed by atoms with E-state index in [0.717, 1.165) is 36.3 Å². The number of methoxy groups -OCH3 is 1. The van der Waals surface area contributed by atoms with Crippen molar-refractivity contribution in [3.63, 3.8) is 0 Å². The van der Waals surface area contributed by atoms with Gasteiger partial charge in [-0.1, -0.05) is 26.8 Å². The third kappa shape index (κ3) is 4.43. The molecule has 1 aromatic carbocycles. The van der Waals surface area contributed by atoms with E-state index in [1.165, 1.54) is 12.8 Å². The maximum absolute atomic E-state index is 12.4. The fourth-order valence-corrected chi connectivity index (χ4v) is 2.87. The Morgan fingerprint density at radius 3 is 2.54 bits per heavy atom. The van der Waals surface area contributed by atoms with Crippen LogP contribution in [-0.4, -0.2) is 19.1 Å². The van der Waals surface area contributed by atoms with Crippen LogP contribution in [0.4, 0.5) is 0 Å². The van der Waals surface area contributed by atoms with Crippen LogP contribution in [0, 0.1) is 5.41 Å². The Morgan fingerprint density at radius 1 is 1.29 bits per heavy atom. The normalized spacial score (nSPS) is 16.7. The molecule has 0 bridgehead atoms. The van der Waals surface area contributed by atoms with Gasteiger partial charge in [0.15, 0.2) is 11.5 Å². The Morgan fingerprint density at radius 2 is 1.96 bits per heavy atom. The van der Waals surface area contributed by atoms with Crippen molar-refractivity contribution in [2.24, 2.45) is 5.41 Å². The van der Waals surface area contributed by atoms with E-state index < -0.39 is 0 Å². The summed E-state index contributed by atoms with van der Waals surface area (Å²) in [5.74, 6) is 1.60. The molecule has 0 saturated heterocycles. The SMILES string of the molecule is CCC(C)(C)C(=O)NC(C)c1ccc(OC2CCCC2)c(OC)c1. The van der Waals surface area contributed by atoms with Crippen molar-refractivity contribution >= 4 is 5.91 Å². The molecule has 1 N–H and O–H groups in total. The topological polar surface area (TPSA) is 47.6 Å². The Bertz CT molecular complexity index is 562. The lowest BCUT2D eigenvalue weighted by Crippen LogP contribution is -2.37. The standard InChI is InChI=1S/C20H31NO3/c1-6-20(3,4)19(22)21-14(2)15-11-12-17(18(13-15)23-5)24-16-9-7-8-10-16/h11-14,16H,6-10H2,1-5H3,(H,21,22). The number of carbonyl (C=O) groups excluding carboxylic acids is 1. The molecule has 24 heavy (non-hydrogen) atoms. The van der Waals surface area contributed by atoms with E-state index in [9.17, 15) is 4.79 Å². The summed E-state index contributed by atoms with van der Waals surface area (Å²) in [6.07, 6.45) is 5.81. The molecule has 0 spiro atoms. The average molecular weight is 333 g/mol. The summed E-state index contributed by atoms with van der Waals surface area (Å²) in [5, 5.41) is 3.10. The number of ether oxygens (including phenoxy) is 2. The lowest BCUT2D eigenvalue weighted by atomic mass is 9.88. The maximum atomic E-state index is 12.4. The zero-order chi connectivity index (χ0) is 17.7. The van der Waals surface area contributed by atoms with Crippen LogP contribution in [0.5, 0.6) is 11.5 Å². The van der Waals surface area contributed by atoms with E-state index in [1.807, 2.05) is 45.9 Å². The van der Waals surface area contributed by atoms with Gasteiger partial charge >= 0.3 is 0 Å². The van der Waals surface area contributed by atoms with E-state index in [1.54, 1.807) is 7.11 Å². The summed E-state index contributed by atoms with van der Waals surface area (Å²) in [7, 11) is 1.66. The molecule has 4 nitrogen and oxygen atoms in total. The van der Waals surface area contributed by atoms with E-state index in [0.29, 0.717) is 6.10 Å². The van der Waals surface area contributed by atoms with Gasteiger partial charge in [0.05, 0.1) is 19.3 Å². The second-order valence-electron chi connectivity index (χ2n) is 7.37. The van der Waals surface area contributed by atoms with Crippen molar-refractivity contribution < 1.29 is 14.3 Å². The van der Waals surface area contributed by atoms with Gasteiger partial charge in [0.25, 0.3) is 0 Å². The molecule has 1 atom stereocenters. The zero-order valence-corrected chi connectivity index (χ0v) is 15.6. The highest BCUT2D eigenvalue weighted by molar-refractivity contribution is 5.82. The molecule has 2 rings (SSSR count). The third-order valence-electron chi connectivity index (χ3n) is 5.13. The molecule has 1 aromatic rings. The molecule has 1 amide bonds. The summed E-state index contributed by atoms with van der Waals surface area (Å²) in [6.45, 7) is 7.96. The van der Waals surface area contributed by atoms with Crippen LogP contribution >= 0.6 is 0 Å². The van der Waals surface area contributed by atoms with Crippen LogP contribution < -0.4 is 14.8 Å². The first-order valence-corrected chi connectivity index (χ1v) is 9.03. The molecule has 1 aliphatic rings. The molecular formula is C20H31NO3. The van der Waals surface area contributed by atoms with Crippen LogP contribution in [0.2, 0.25) is 0 Å². The molecular weight excluding hydrogens is 302 g/mol. The van der Waals surface area contributed by atoms with Crippen molar-refractivity contribution in [2.75, 3.05) is 7.11 Å². The summed E-state index contributed by atoms with van der Waals surface area (Å²) in [5.41, 5.74) is 0.662. The largest absolute Gasteiger partial charge is 0.493 e. The van der Waals surface area contributed by atoms with Gasteiger partial charge in [-0.25, -0.2) is 0 Å². The molecule has 0 heterocycles. The minimum Gasteiger partial charge on any atom is -0.493 e. The monoisotopic (exact) mass is 333 g/mol. The van der Waals surface area contributed by atoms with Crippen LogP contribution in [0.1, 0.15) is 71.4 Å². The summed E-state index contributed by atoms with van der Waals surface area (Å²) < 4.78 is 11.6. The number of nitrogens with one attached hydrogen (secondary N) is 1. The second-order valence-corrected chi connectivity index (χ2v) is 7.37. The molecule has 4 heteroatoms. The quantitative estimate of drug-likeness (QED) is 0.791. The number of hydrogen-bond acceptors (Lipinski definition) is 3. The van der Waals surface area contributed by atoms with Gasteiger partial charge < -0.3 is 14.8 Å². The predicted molar refractivity (Wildman–Crippen MR) is 96.5 cm³/mol. The predicted octanol–water partition coefficient (Wildman–Crippen LogP) is 4.63. The second kappa shape index (κ2) is 7.91. The van der Waals surface area contributed by atoms with Gasteiger partial charge in [-0.2, -0.15) is 0 Å². The Balaban J connectivity index is 2.08. The van der Waals surface area contributed by atoms with Gasteiger partial charge in [-0.15, -0.1) is 0 Å². The molecule has 0 aromatic heterocycles. The summed E-state index contributed by atoms with van der Waals surface area (Å²) in [4.78, 5) is 12.4. The lowest BCUT2D eigenvalue weighted by Gasteiger charge is -2.25. The molecule has 0 aliphatic heterocycles. The molecule has 1 fully saturated rings. The fraction of sp³-hybridized carbons (Fsp3) is 0.650. The van der Waals surface area contributed by atoms with Crippen LogP contribution in [0.25, 0.3) is 0 Å². The van der Waals surface area contributed by atoms with Gasteiger partial charge in [-0.05, 0) is 56.7 Å². The number of hydrogen-bond donors (Lipinski definition) is 1. The first-order valence-electron chi connectivity index (χ1n) is 9.03. The zero-order valence-electron chi connectivity index (χ0n) is 15.6. The number of rotatable bonds is 7. The maximum Gasteiger partial charge on any atom is 0.226 e. The van der Waals surface area contributed by atoms with Crippen molar-refractivity contribution in [2.45, 2.75) is 71.9 Å². The highest BCUT2D eigenvalue weighted by Crippen LogP contribution is 2.34. The highest BCUT2D eigenvalue weighted by Gasteiger charge is 2.27. The fourth-order valence-electron chi connectivity index (χ4n) is 2.87.